The first-order valence-electron chi connectivity index (χ1n) is 20.5. The molecule has 16 heteroatoms. The van der Waals surface area contributed by atoms with Gasteiger partial charge in [-0.25, -0.2) is 4.79 Å². The van der Waals surface area contributed by atoms with Crippen molar-refractivity contribution >= 4 is 58.2 Å². The van der Waals surface area contributed by atoms with Crippen LogP contribution in [-0.2, 0) is 25.7 Å². The molecule has 1 aromatic carbocycles. The van der Waals surface area contributed by atoms with E-state index in [1.54, 1.807) is 24.3 Å². The number of thioether (sulfide) groups is 1. The van der Waals surface area contributed by atoms with Gasteiger partial charge in [0.1, 0.15) is 18.2 Å². The second-order valence-corrected chi connectivity index (χ2v) is 15.4. The van der Waals surface area contributed by atoms with E-state index in [9.17, 15) is 24.3 Å². The number of unbranched alkanes of at least 4 members (excludes halogenated alkanes) is 13. The third-order valence-corrected chi connectivity index (χ3v) is 10.5. The van der Waals surface area contributed by atoms with Gasteiger partial charge in [-0.2, -0.15) is 21.7 Å². The van der Waals surface area contributed by atoms with Crippen LogP contribution in [0.3, 0.4) is 0 Å². The Kier molecular flexibility index (Phi) is 22.0. The van der Waals surface area contributed by atoms with Crippen molar-refractivity contribution in [3.05, 3.63) is 40.3 Å². The van der Waals surface area contributed by atoms with Gasteiger partial charge in [-0.15, -0.1) is 0 Å². The Hall–Kier alpha value is -4.15. The summed E-state index contributed by atoms with van der Waals surface area (Å²) in [4.78, 5) is 61.9. The molecule has 0 saturated heterocycles. The lowest BCUT2D eigenvalue weighted by molar-refractivity contribution is -0.143. The van der Waals surface area contributed by atoms with Crippen LogP contribution in [0.4, 0.5) is 17.5 Å². The number of ether oxygens (including phenoxy) is 1. The summed E-state index contributed by atoms with van der Waals surface area (Å²) in [7, 11) is 0. The highest BCUT2D eigenvalue weighted by Crippen LogP contribution is 2.19. The van der Waals surface area contributed by atoms with Gasteiger partial charge in [0.25, 0.3) is 0 Å². The molecule has 0 aliphatic rings. The van der Waals surface area contributed by atoms with E-state index in [4.69, 9.17) is 16.2 Å². The molecule has 56 heavy (non-hydrogen) atoms. The first kappa shape index (κ1) is 46.2. The molecule has 0 radical (unpaired) electrons. The number of hydrogen-bond acceptors (Lipinski definition) is 12. The van der Waals surface area contributed by atoms with Gasteiger partial charge in [0, 0.05) is 30.2 Å². The van der Waals surface area contributed by atoms with Gasteiger partial charge in [0.05, 0.1) is 19.2 Å². The number of imidazole rings is 1. The van der Waals surface area contributed by atoms with Crippen molar-refractivity contribution in [2.75, 3.05) is 47.6 Å². The van der Waals surface area contributed by atoms with Gasteiger partial charge in [-0.1, -0.05) is 109 Å². The molecule has 2 atom stereocenters. The summed E-state index contributed by atoms with van der Waals surface area (Å²) in [6.45, 7) is 4.79. The van der Waals surface area contributed by atoms with E-state index < -0.39 is 30.5 Å². The topological polar surface area (TPSA) is 232 Å². The van der Waals surface area contributed by atoms with Crippen LogP contribution < -0.4 is 33.1 Å². The number of aromatic amines is 1. The molecule has 0 spiro atoms. The minimum absolute atomic E-state index is 0.168. The van der Waals surface area contributed by atoms with Crippen molar-refractivity contribution in [3.63, 3.8) is 0 Å². The Morgan fingerprint density at radius 3 is 2.14 bits per heavy atom. The molecule has 0 saturated carbocycles. The van der Waals surface area contributed by atoms with Crippen molar-refractivity contribution in [2.24, 2.45) is 5.73 Å². The maximum atomic E-state index is 12.9. The number of carbonyl (C=O) groups is 3. The quantitative estimate of drug-likeness (QED) is 0.0329. The fourth-order valence-corrected chi connectivity index (χ4v) is 6.87. The standard InChI is InChI=1S/C40H65N9O6S/c1-3-5-7-8-9-10-11-12-13-14-15-16-17-18-33(51)55-24-25-56-28-31(41)37(52)45-32(27-50)38(53)44-30-21-19-29(20-22-30)26-49-36-34(46-40(49)54)35(42)47-39(48-36)43-23-6-4-2/h19-22,31-32,50H,3-18,23-28,41H2,1-2H3,(H,44,53)(H,45,52)(H,46,54)(H3,42,43,47,48)/t31-,32-/m0/s1. The second kappa shape index (κ2) is 26.7. The van der Waals surface area contributed by atoms with Crippen molar-refractivity contribution < 1.29 is 24.2 Å². The Morgan fingerprint density at radius 1 is 0.893 bits per heavy atom. The number of nitrogen functional groups attached to an aromatic ring is 1. The second-order valence-electron chi connectivity index (χ2n) is 14.3. The van der Waals surface area contributed by atoms with Crippen LogP contribution in [0.15, 0.2) is 29.1 Å². The predicted octanol–water partition coefficient (Wildman–Crippen LogP) is 5.46. The highest BCUT2D eigenvalue weighted by molar-refractivity contribution is 7.99. The zero-order valence-electron chi connectivity index (χ0n) is 33.4. The number of hydrogen-bond donors (Lipinski definition) is 7. The molecule has 0 unspecified atom stereocenters. The maximum Gasteiger partial charge on any atom is 0.328 e. The number of aromatic nitrogens is 4. The van der Waals surface area contributed by atoms with Crippen LogP contribution in [0.1, 0.15) is 122 Å². The van der Waals surface area contributed by atoms with Crippen molar-refractivity contribution in [2.45, 2.75) is 135 Å². The molecule has 3 rings (SSSR count). The van der Waals surface area contributed by atoms with E-state index in [0.717, 1.165) is 37.7 Å². The van der Waals surface area contributed by atoms with Crippen molar-refractivity contribution in [1.82, 2.24) is 24.8 Å². The monoisotopic (exact) mass is 799 g/mol. The Bertz CT molecular complexity index is 1670. The molecule has 0 aliphatic carbocycles. The molecule has 0 fully saturated rings. The van der Waals surface area contributed by atoms with E-state index in [-0.39, 0.29) is 36.4 Å². The van der Waals surface area contributed by atoms with Crippen LogP contribution in [-0.4, -0.2) is 85.8 Å². The summed E-state index contributed by atoms with van der Waals surface area (Å²) in [6.07, 6.45) is 18.6. The van der Waals surface area contributed by atoms with Gasteiger partial charge in [0.15, 0.2) is 11.5 Å². The molecule has 0 aliphatic heterocycles. The highest BCUT2D eigenvalue weighted by atomic mass is 32.2. The third kappa shape index (κ3) is 16.9. The molecule has 9 N–H and O–H groups in total. The molecule has 0 bridgehead atoms. The highest BCUT2D eigenvalue weighted by Gasteiger charge is 2.23. The van der Waals surface area contributed by atoms with Gasteiger partial charge < -0.3 is 42.2 Å². The number of esters is 1. The van der Waals surface area contributed by atoms with Gasteiger partial charge in [0.2, 0.25) is 17.8 Å². The molecular weight excluding hydrogens is 735 g/mol. The van der Waals surface area contributed by atoms with Gasteiger partial charge in [-0.05, 0) is 30.5 Å². The van der Waals surface area contributed by atoms with Crippen LogP contribution in [0.2, 0.25) is 0 Å². The molecule has 2 heterocycles. The van der Waals surface area contributed by atoms with Crippen LogP contribution in [0.5, 0.6) is 0 Å². The van der Waals surface area contributed by atoms with E-state index in [2.05, 4.69) is 44.7 Å². The normalized spacial score (nSPS) is 12.4. The first-order valence-corrected chi connectivity index (χ1v) is 21.6. The summed E-state index contributed by atoms with van der Waals surface area (Å²) < 4.78 is 6.78. The van der Waals surface area contributed by atoms with Crippen LogP contribution in [0.25, 0.3) is 11.2 Å². The largest absolute Gasteiger partial charge is 0.465 e. The smallest absolute Gasteiger partial charge is 0.328 e. The fraction of sp³-hybridized carbons (Fsp3) is 0.650. The summed E-state index contributed by atoms with van der Waals surface area (Å²) >= 11 is 1.37. The number of aliphatic hydroxyl groups excluding tert-OH is 1. The SMILES string of the molecule is CCCCCCCCCCCCCCCC(=O)OCCSC[C@H](N)C(=O)N[C@@H](CO)C(=O)Nc1ccc(Cn2c(=O)[nH]c3c(N)nc(NCCCC)nc32)cc1. The molecular formula is C40H65N9O6S. The Labute approximate surface area is 335 Å². The minimum atomic E-state index is -1.22. The van der Waals surface area contributed by atoms with Gasteiger partial charge in [-0.3, -0.25) is 19.0 Å². The molecule has 2 amide bonds. The molecule has 3 aromatic rings. The number of aliphatic hydroxyl groups is 1. The number of H-pyrrole nitrogens is 1. The maximum absolute atomic E-state index is 12.9. The first-order chi connectivity index (χ1) is 27.2. The average Bonchev–Trinajstić information content (AvgIpc) is 3.50. The number of amides is 2. The lowest BCUT2D eigenvalue weighted by Gasteiger charge is -2.19. The number of anilines is 3. The van der Waals surface area contributed by atoms with Crippen LogP contribution in [0, 0.1) is 0 Å². The number of benzene rings is 1. The lowest BCUT2D eigenvalue weighted by atomic mass is 10.0. The average molecular weight is 800 g/mol. The Balaban J connectivity index is 1.30. The number of carbonyl (C=O) groups excluding carboxylic acids is 3. The number of nitrogens with zero attached hydrogens (tertiary/aromatic N) is 3. The predicted molar refractivity (Wildman–Crippen MR) is 226 cm³/mol. The van der Waals surface area contributed by atoms with E-state index >= 15 is 0 Å². The summed E-state index contributed by atoms with van der Waals surface area (Å²) in [5.41, 5.74) is 13.6. The van der Waals surface area contributed by atoms with E-state index in [1.165, 1.54) is 80.5 Å². The number of nitrogens with one attached hydrogen (secondary N) is 4. The number of nitrogens with two attached hydrogens (primary N) is 2. The minimum Gasteiger partial charge on any atom is -0.465 e. The van der Waals surface area contributed by atoms with Gasteiger partial charge >= 0.3 is 11.7 Å². The summed E-state index contributed by atoms with van der Waals surface area (Å²) in [6, 6.07) is 4.63. The third-order valence-electron chi connectivity index (χ3n) is 9.45. The van der Waals surface area contributed by atoms with E-state index in [1.807, 2.05) is 0 Å². The zero-order chi connectivity index (χ0) is 40.5. The fourth-order valence-electron chi connectivity index (χ4n) is 6.09. The summed E-state index contributed by atoms with van der Waals surface area (Å²) in [5.74, 6) is -0.172. The lowest BCUT2D eigenvalue weighted by Crippen LogP contribution is -2.52. The number of fused-ring (bicyclic) bond motifs is 1. The van der Waals surface area contributed by atoms with Crippen molar-refractivity contribution in [1.29, 1.82) is 0 Å². The van der Waals surface area contributed by atoms with Crippen molar-refractivity contribution in [3.8, 4) is 0 Å². The molecule has 2 aromatic heterocycles. The molecule has 15 nitrogen and oxygen atoms in total. The molecule has 312 valence electrons. The number of rotatable bonds is 30. The van der Waals surface area contributed by atoms with E-state index in [0.29, 0.717) is 41.5 Å². The zero-order valence-corrected chi connectivity index (χ0v) is 34.2. The summed E-state index contributed by atoms with van der Waals surface area (Å²) in [5, 5.41) is 18.2. The Morgan fingerprint density at radius 2 is 1.52 bits per heavy atom. The van der Waals surface area contributed by atoms with Crippen LogP contribution >= 0.6 is 11.8 Å².